The molecule has 0 saturated carbocycles. The van der Waals surface area contributed by atoms with Crippen molar-refractivity contribution >= 4 is 28.1 Å². The van der Waals surface area contributed by atoms with Crippen molar-refractivity contribution in [2.75, 3.05) is 19.0 Å². The molecule has 1 heterocycles. The standard InChI is InChI=1S/C18H15N3O5S/c1-25-16-5-3-2-4-14(16)15-11-27-18(19-15)20-17(22)10-26-13-8-6-12(7-9-13)21(23)24/h2-9,11H,10H2,1H3,(H,19,20,22). The molecule has 0 aliphatic carbocycles. The first-order chi connectivity index (χ1) is 13.1. The van der Waals surface area contributed by atoms with Crippen molar-refractivity contribution in [2.45, 2.75) is 0 Å². The number of hydrogen-bond donors (Lipinski definition) is 1. The number of anilines is 1. The molecule has 1 N–H and O–H groups in total. The minimum absolute atomic E-state index is 0.0431. The third-order valence-corrected chi connectivity index (χ3v) is 4.31. The van der Waals surface area contributed by atoms with Crippen molar-refractivity contribution in [2.24, 2.45) is 0 Å². The van der Waals surface area contributed by atoms with E-state index in [-0.39, 0.29) is 18.2 Å². The Bertz CT molecular complexity index is 956. The number of ether oxygens (including phenoxy) is 2. The first kappa shape index (κ1) is 18.3. The average molecular weight is 385 g/mol. The van der Waals surface area contributed by atoms with E-state index in [1.807, 2.05) is 29.6 Å². The predicted octanol–water partition coefficient (Wildman–Crippen LogP) is 3.74. The summed E-state index contributed by atoms with van der Waals surface area (Å²) in [5.74, 6) is 0.682. The van der Waals surface area contributed by atoms with Crippen LogP contribution in [0.2, 0.25) is 0 Å². The lowest BCUT2D eigenvalue weighted by molar-refractivity contribution is -0.384. The van der Waals surface area contributed by atoms with E-state index in [0.717, 1.165) is 5.56 Å². The molecule has 2 aromatic carbocycles. The summed E-state index contributed by atoms with van der Waals surface area (Å²) in [4.78, 5) is 26.5. The summed E-state index contributed by atoms with van der Waals surface area (Å²) >= 11 is 1.29. The van der Waals surface area contributed by atoms with E-state index < -0.39 is 4.92 Å². The van der Waals surface area contributed by atoms with Crippen LogP contribution in [0.4, 0.5) is 10.8 Å². The Hall–Kier alpha value is -3.46. The molecule has 0 unspecified atom stereocenters. The largest absolute Gasteiger partial charge is 0.496 e. The van der Waals surface area contributed by atoms with Crippen LogP contribution in [0.1, 0.15) is 0 Å². The van der Waals surface area contributed by atoms with Gasteiger partial charge in [0.05, 0.1) is 17.7 Å². The number of carbonyl (C=O) groups is 1. The van der Waals surface area contributed by atoms with E-state index in [1.54, 1.807) is 7.11 Å². The second-order valence-corrected chi connectivity index (χ2v) is 6.18. The summed E-state index contributed by atoms with van der Waals surface area (Å²) < 4.78 is 10.6. The fraction of sp³-hybridized carbons (Fsp3) is 0.111. The molecule has 0 fully saturated rings. The Morgan fingerprint density at radius 2 is 1.96 bits per heavy atom. The number of carbonyl (C=O) groups excluding carboxylic acids is 1. The fourth-order valence-electron chi connectivity index (χ4n) is 2.28. The molecular weight excluding hydrogens is 370 g/mol. The second kappa shape index (κ2) is 8.28. The number of hydrogen-bond acceptors (Lipinski definition) is 7. The molecular formula is C18H15N3O5S. The summed E-state index contributed by atoms with van der Waals surface area (Å²) in [6, 6.07) is 13.0. The molecule has 3 aromatic rings. The maximum atomic E-state index is 12.0. The molecule has 0 spiro atoms. The number of amides is 1. The molecule has 0 radical (unpaired) electrons. The van der Waals surface area contributed by atoms with Crippen LogP contribution < -0.4 is 14.8 Å². The van der Waals surface area contributed by atoms with Crippen LogP contribution in [0.15, 0.2) is 53.9 Å². The van der Waals surface area contributed by atoms with Gasteiger partial charge in [-0.1, -0.05) is 12.1 Å². The van der Waals surface area contributed by atoms with E-state index in [9.17, 15) is 14.9 Å². The summed E-state index contributed by atoms with van der Waals surface area (Å²) in [5, 5.41) is 15.5. The van der Waals surface area contributed by atoms with Gasteiger partial charge >= 0.3 is 0 Å². The molecule has 27 heavy (non-hydrogen) atoms. The Balaban J connectivity index is 1.58. The zero-order chi connectivity index (χ0) is 19.2. The van der Waals surface area contributed by atoms with Crippen molar-refractivity contribution in [3.8, 4) is 22.8 Å². The number of benzene rings is 2. The zero-order valence-corrected chi connectivity index (χ0v) is 15.1. The molecule has 0 saturated heterocycles. The highest BCUT2D eigenvalue weighted by atomic mass is 32.1. The van der Waals surface area contributed by atoms with Crippen molar-refractivity contribution in [3.05, 3.63) is 64.0 Å². The zero-order valence-electron chi connectivity index (χ0n) is 14.2. The Morgan fingerprint density at radius 1 is 1.22 bits per heavy atom. The number of para-hydroxylation sites is 1. The van der Waals surface area contributed by atoms with Crippen LogP contribution in [0.3, 0.4) is 0 Å². The Labute approximate surface area is 158 Å². The molecule has 9 heteroatoms. The van der Waals surface area contributed by atoms with E-state index >= 15 is 0 Å². The van der Waals surface area contributed by atoms with E-state index in [2.05, 4.69) is 10.3 Å². The lowest BCUT2D eigenvalue weighted by Gasteiger charge is -2.06. The number of non-ortho nitro benzene ring substituents is 1. The van der Waals surface area contributed by atoms with Gasteiger partial charge in [0, 0.05) is 23.1 Å². The number of methoxy groups -OCH3 is 1. The molecule has 1 aromatic heterocycles. The van der Waals surface area contributed by atoms with Gasteiger partial charge in [-0.25, -0.2) is 4.98 Å². The Morgan fingerprint density at radius 3 is 2.67 bits per heavy atom. The van der Waals surface area contributed by atoms with Gasteiger partial charge in [-0.2, -0.15) is 0 Å². The quantitative estimate of drug-likeness (QED) is 0.491. The van der Waals surface area contributed by atoms with Crippen LogP contribution in [0.5, 0.6) is 11.5 Å². The molecule has 3 rings (SSSR count). The van der Waals surface area contributed by atoms with Gasteiger partial charge in [-0.15, -0.1) is 11.3 Å². The monoisotopic (exact) mass is 385 g/mol. The van der Waals surface area contributed by atoms with Crippen LogP contribution in [-0.2, 0) is 4.79 Å². The van der Waals surface area contributed by atoms with Gasteiger partial charge in [0.25, 0.3) is 11.6 Å². The lowest BCUT2D eigenvalue weighted by atomic mass is 10.1. The van der Waals surface area contributed by atoms with Crippen LogP contribution in [-0.4, -0.2) is 29.5 Å². The maximum Gasteiger partial charge on any atom is 0.269 e. The third-order valence-electron chi connectivity index (χ3n) is 3.55. The van der Waals surface area contributed by atoms with Gasteiger partial charge in [0.2, 0.25) is 0 Å². The first-order valence-corrected chi connectivity index (χ1v) is 8.71. The van der Waals surface area contributed by atoms with Crippen LogP contribution >= 0.6 is 11.3 Å². The number of nitrogens with zero attached hydrogens (tertiary/aromatic N) is 2. The fourth-order valence-corrected chi connectivity index (χ4v) is 3.01. The Kier molecular flexibility index (Phi) is 5.62. The minimum atomic E-state index is -0.502. The van der Waals surface area contributed by atoms with Gasteiger partial charge < -0.3 is 9.47 Å². The molecule has 138 valence electrons. The number of nitrogens with one attached hydrogen (secondary N) is 1. The summed E-state index contributed by atoms with van der Waals surface area (Å²) in [5.41, 5.74) is 1.49. The van der Waals surface area contributed by atoms with Crippen LogP contribution in [0.25, 0.3) is 11.3 Å². The van der Waals surface area contributed by atoms with E-state index in [1.165, 1.54) is 35.6 Å². The van der Waals surface area contributed by atoms with Crippen molar-refractivity contribution in [1.82, 2.24) is 4.98 Å². The summed E-state index contributed by atoms with van der Waals surface area (Å²) in [6.07, 6.45) is 0. The van der Waals surface area contributed by atoms with Gasteiger partial charge in [0.1, 0.15) is 11.5 Å². The number of nitro groups is 1. The minimum Gasteiger partial charge on any atom is -0.496 e. The maximum absolute atomic E-state index is 12.0. The van der Waals surface area contributed by atoms with Crippen molar-refractivity contribution in [1.29, 1.82) is 0 Å². The SMILES string of the molecule is COc1ccccc1-c1csc(NC(=O)COc2ccc([N+](=O)[O-])cc2)n1. The molecule has 0 aliphatic rings. The summed E-state index contributed by atoms with van der Waals surface area (Å²) in [7, 11) is 1.59. The number of nitro benzene ring substituents is 1. The highest BCUT2D eigenvalue weighted by Gasteiger charge is 2.12. The number of thiazole rings is 1. The predicted molar refractivity (Wildman–Crippen MR) is 101 cm³/mol. The molecule has 8 nitrogen and oxygen atoms in total. The third kappa shape index (κ3) is 4.59. The first-order valence-electron chi connectivity index (χ1n) is 7.83. The van der Waals surface area contributed by atoms with Crippen molar-refractivity contribution in [3.63, 3.8) is 0 Å². The number of rotatable bonds is 7. The van der Waals surface area contributed by atoms with E-state index in [4.69, 9.17) is 9.47 Å². The smallest absolute Gasteiger partial charge is 0.269 e. The van der Waals surface area contributed by atoms with Gasteiger partial charge in [0.15, 0.2) is 11.7 Å². The molecule has 0 bridgehead atoms. The van der Waals surface area contributed by atoms with Crippen LogP contribution in [0, 0.1) is 10.1 Å². The van der Waals surface area contributed by atoms with Gasteiger partial charge in [-0.05, 0) is 24.3 Å². The second-order valence-electron chi connectivity index (χ2n) is 5.33. The topological polar surface area (TPSA) is 104 Å². The normalized spacial score (nSPS) is 10.3. The van der Waals surface area contributed by atoms with Crippen molar-refractivity contribution < 1.29 is 19.2 Å². The lowest BCUT2D eigenvalue weighted by Crippen LogP contribution is -2.20. The molecule has 0 aliphatic heterocycles. The molecule has 0 atom stereocenters. The van der Waals surface area contributed by atoms with E-state index in [0.29, 0.717) is 22.3 Å². The highest BCUT2D eigenvalue weighted by Crippen LogP contribution is 2.31. The average Bonchev–Trinajstić information content (AvgIpc) is 3.14. The molecule has 1 amide bonds. The summed E-state index contributed by atoms with van der Waals surface area (Å²) in [6.45, 7) is -0.235. The van der Waals surface area contributed by atoms with Gasteiger partial charge in [-0.3, -0.25) is 20.2 Å². The number of aromatic nitrogens is 1. The highest BCUT2D eigenvalue weighted by molar-refractivity contribution is 7.14.